The van der Waals surface area contributed by atoms with E-state index in [1.807, 2.05) is 13.0 Å². The molecule has 1 amide bonds. The molecule has 0 unspecified atom stereocenters. The third-order valence-corrected chi connectivity index (χ3v) is 4.69. The summed E-state index contributed by atoms with van der Waals surface area (Å²) in [5.41, 5.74) is 3.75. The van der Waals surface area contributed by atoms with Crippen LogP contribution in [0.15, 0.2) is 30.5 Å². The van der Waals surface area contributed by atoms with Gasteiger partial charge < -0.3 is 4.90 Å². The van der Waals surface area contributed by atoms with Gasteiger partial charge >= 0.3 is 0 Å². The lowest BCUT2D eigenvalue weighted by molar-refractivity contribution is 0.0731. The Kier molecular flexibility index (Phi) is 4.16. The van der Waals surface area contributed by atoms with Crippen molar-refractivity contribution in [2.24, 2.45) is 0 Å². The number of carbonyl (C=O) groups is 1. The number of halogens is 2. The van der Waals surface area contributed by atoms with E-state index in [0.29, 0.717) is 25.3 Å². The molecule has 0 bridgehead atoms. The monoisotopic (exact) mass is 371 g/mol. The van der Waals surface area contributed by atoms with Crippen LogP contribution < -0.4 is 0 Å². The normalized spacial score (nSPS) is 13.6. The van der Waals surface area contributed by atoms with Gasteiger partial charge in [0.2, 0.25) is 0 Å². The Bertz CT molecular complexity index is 989. The second-order valence-electron chi connectivity index (χ2n) is 6.12. The predicted molar refractivity (Wildman–Crippen MR) is 94.2 cm³/mol. The zero-order valence-corrected chi connectivity index (χ0v) is 14.7. The summed E-state index contributed by atoms with van der Waals surface area (Å²) in [6.07, 6.45) is 2.29. The number of aromatic amines is 1. The molecule has 0 atom stereocenters. The molecule has 0 radical (unpaired) electrons. The highest BCUT2D eigenvalue weighted by molar-refractivity contribution is 6.33. The molecule has 26 heavy (non-hydrogen) atoms. The van der Waals surface area contributed by atoms with E-state index in [2.05, 4.69) is 20.2 Å². The molecule has 4 rings (SSSR count). The summed E-state index contributed by atoms with van der Waals surface area (Å²) in [5.74, 6) is -0.0782. The first-order chi connectivity index (χ1) is 12.5. The quantitative estimate of drug-likeness (QED) is 0.750. The fourth-order valence-corrected chi connectivity index (χ4v) is 3.42. The number of amides is 1. The topological polar surface area (TPSA) is 74.8 Å². The van der Waals surface area contributed by atoms with Crippen molar-refractivity contribution in [3.05, 3.63) is 63.9 Å². The molecule has 0 fully saturated rings. The largest absolute Gasteiger partial charge is 0.332 e. The standard InChI is InChI=1S/C18H15ClFN5O/c1-10-22-16-9-25(18(26)12-3-2-11(20)8-14(12)19)7-5-13(16)17(23-10)15-4-6-21-24-15/h2-4,6,8H,5,7,9H2,1H3,(H,21,24). The van der Waals surface area contributed by atoms with Gasteiger partial charge in [0.1, 0.15) is 11.6 Å². The van der Waals surface area contributed by atoms with Crippen molar-refractivity contribution in [3.8, 4) is 11.4 Å². The van der Waals surface area contributed by atoms with Gasteiger partial charge in [-0.1, -0.05) is 11.6 Å². The average molecular weight is 372 g/mol. The van der Waals surface area contributed by atoms with Gasteiger partial charge in [0.25, 0.3) is 5.91 Å². The third-order valence-electron chi connectivity index (χ3n) is 4.38. The van der Waals surface area contributed by atoms with Gasteiger partial charge in [-0.2, -0.15) is 5.10 Å². The molecule has 1 aromatic carbocycles. The molecule has 132 valence electrons. The maximum atomic E-state index is 13.2. The third kappa shape index (κ3) is 2.94. The Morgan fingerprint density at radius 1 is 1.31 bits per heavy atom. The van der Waals surface area contributed by atoms with E-state index in [4.69, 9.17) is 11.6 Å². The number of nitrogens with zero attached hydrogens (tertiary/aromatic N) is 4. The minimum Gasteiger partial charge on any atom is -0.332 e. The molecule has 0 saturated carbocycles. The van der Waals surface area contributed by atoms with E-state index in [9.17, 15) is 9.18 Å². The zero-order valence-electron chi connectivity index (χ0n) is 14.0. The molecule has 2 aromatic heterocycles. The van der Waals surface area contributed by atoms with Crippen molar-refractivity contribution in [3.63, 3.8) is 0 Å². The van der Waals surface area contributed by atoms with E-state index in [1.54, 1.807) is 11.1 Å². The molecule has 6 nitrogen and oxygen atoms in total. The number of fused-ring (bicyclic) bond motifs is 1. The van der Waals surface area contributed by atoms with Crippen LogP contribution in [0, 0.1) is 12.7 Å². The predicted octanol–water partition coefficient (Wildman–Crippen LogP) is 3.17. The number of hydrogen-bond donors (Lipinski definition) is 1. The molecular weight excluding hydrogens is 357 g/mol. The highest BCUT2D eigenvalue weighted by atomic mass is 35.5. The highest BCUT2D eigenvalue weighted by Crippen LogP contribution is 2.28. The van der Waals surface area contributed by atoms with Crippen molar-refractivity contribution < 1.29 is 9.18 Å². The number of carbonyl (C=O) groups excluding carboxylic acids is 1. The van der Waals surface area contributed by atoms with E-state index in [0.717, 1.165) is 28.7 Å². The summed E-state index contributed by atoms with van der Waals surface area (Å²) in [5, 5.41) is 7.02. The number of H-pyrrole nitrogens is 1. The average Bonchev–Trinajstić information content (AvgIpc) is 3.14. The highest BCUT2D eigenvalue weighted by Gasteiger charge is 2.27. The first kappa shape index (κ1) is 16.7. The molecular formula is C18H15ClFN5O. The Morgan fingerprint density at radius 3 is 2.88 bits per heavy atom. The van der Waals surface area contributed by atoms with Crippen LogP contribution in [0.2, 0.25) is 5.02 Å². The smallest absolute Gasteiger partial charge is 0.255 e. The molecule has 0 saturated heterocycles. The number of nitrogens with one attached hydrogen (secondary N) is 1. The van der Waals surface area contributed by atoms with Gasteiger partial charge in [-0.3, -0.25) is 9.89 Å². The second-order valence-corrected chi connectivity index (χ2v) is 6.52. The molecule has 3 heterocycles. The number of aryl methyl sites for hydroxylation is 1. The SMILES string of the molecule is Cc1nc2c(c(-c3ccn[nH]3)n1)CCN(C(=O)c1ccc(F)cc1Cl)C2. The maximum absolute atomic E-state index is 13.2. The van der Waals surface area contributed by atoms with E-state index >= 15 is 0 Å². The van der Waals surface area contributed by atoms with Gasteiger partial charge in [0, 0.05) is 18.3 Å². The van der Waals surface area contributed by atoms with Gasteiger partial charge in [-0.05, 0) is 37.6 Å². The number of aromatic nitrogens is 4. The van der Waals surface area contributed by atoms with Crippen LogP contribution >= 0.6 is 11.6 Å². The molecule has 3 aromatic rings. The lowest BCUT2D eigenvalue weighted by Crippen LogP contribution is -2.37. The maximum Gasteiger partial charge on any atom is 0.255 e. The molecule has 1 aliphatic heterocycles. The fraction of sp³-hybridized carbons (Fsp3) is 0.222. The van der Waals surface area contributed by atoms with Crippen molar-refractivity contribution in [2.75, 3.05) is 6.54 Å². The van der Waals surface area contributed by atoms with Gasteiger partial charge in [-0.25, -0.2) is 14.4 Å². The second kappa shape index (κ2) is 6.49. The van der Waals surface area contributed by atoms with Crippen molar-refractivity contribution in [1.82, 2.24) is 25.1 Å². The molecule has 1 N–H and O–H groups in total. The summed E-state index contributed by atoms with van der Waals surface area (Å²) in [6.45, 7) is 2.68. The fourth-order valence-electron chi connectivity index (χ4n) is 3.17. The minimum atomic E-state index is -0.469. The van der Waals surface area contributed by atoms with Crippen molar-refractivity contribution in [1.29, 1.82) is 0 Å². The Hall–Kier alpha value is -2.80. The van der Waals surface area contributed by atoms with E-state index in [-0.39, 0.29) is 16.5 Å². The number of rotatable bonds is 2. The van der Waals surface area contributed by atoms with Crippen LogP contribution in [-0.4, -0.2) is 37.5 Å². The van der Waals surface area contributed by atoms with Crippen LogP contribution in [0.25, 0.3) is 11.4 Å². The van der Waals surface area contributed by atoms with Crippen LogP contribution in [0.5, 0.6) is 0 Å². The summed E-state index contributed by atoms with van der Waals surface area (Å²) >= 11 is 6.04. The first-order valence-corrected chi connectivity index (χ1v) is 8.51. The summed E-state index contributed by atoms with van der Waals surface area (Å²) < 4.78 is 13.2. The van der Waals surface area contributed by atoms with Crippen LogP contribution in [0.1, 0.15) is 27.4 Å². The molecule has 1 aliphatic rings. The van der Waals surface area contributed by atoms with Crippen LogP contribution in [0.4, 0.5) is 4.39 Å². The molecule has 0 spiro atoms. The zero-order chi connectivity index (χ0) is 18.3. The lowest BCUT2D eigenvalue weighted by atomic mass is 10.00. The molecule has 0 aliphatic carbocycles. The lowest BCUT2D eigenvalue weighted by Gasteiger charge is -2.29. The summed E-state index contributed by atoms with van der Waals surface area (Å²) in [4.78, 5) is 23.5. The van der Waals surface area contributed by atoms with Gasteiger partial charge in [-0.15, -0.1) is 0 Å². The Labute approximate surface area is 154 Å². The Balaban J connectivity index is 1.67. The minimum absolute atomic E-state index is 0.109. The molecule has 8 heteroatoms. The van der Waals surface area contributed by atoms with Crippen molar-refractivity contribution in [2.45, 2.75) is 19.9 Å². The van der Waals surface area contributed by atoms with Gasteiger partial charge in [0.15, 0.2) is 0 Å². The summed E-state index contributed by atoms with van der Waals surface area (Å²) in [6, 6.07) is 5.66. The van der Waals surface area contributed by atoms with E-state index < -0.39 is 5.82 Å². The van der Waals surface area contributed by atoms with Crippen LogP contribution in [0.3, 0.4) is 0 Å². The Morgan fingerprint density at radius 2 is 2.15 bits per heavy atom. The first-order valence-electron chi connectivity index (χ1n) is 8.13. The number of hydrogen-bond acceptors (Lipinski definition) is 4. The van der Waals surface area contributed by atoms with Gasteiger partial charge in [0.05, 0.1) is 34.2 Å². The van der Waals surface area contributed by atoms with E-state index in [1.165, 1.54) is 12.1 Å². The van der Waals surface area contributed by atoms with Crippen molar-refractivity contribution >= 4 is 17.5 Å². The van der Waals surface area contributed by atoms with Crippen LogP contribution in [-0.2, 0) is 13.0 Å². The summed E-state index contributed by atoms with van der Waals surface area (Å²) in [7, 11) is 0. The number of benzene rings is 1.